The summed E-state index contributed by atoms with van der Waals surface area (Å²) in [7, 11) is 0. The summed E-state index contributed by atoms with van der Waals surface area (Å²) in [6, 6.07) is 4.98. The predicted octanol–water partition coefficient (Wildman–Crippen LogP) is 1.83. The van der Waals surface area contributed by atoms with Crippen LogP contribution in [0.5, 0.6) is 0 Å². The second kappa shape index (κ2) is 5.58. The molecule has 15 heavy (non-hydrogen) atoms. The molecular formula is C9H8Cl2N2O2. The molecule has 80 valence electrons. The van der Waals surface area contributed by atoms with Crippen molar-refractivity contribution < 1.29 is 9.63 Å². The summed E-state index contributed by atoms with van der Waals surface area (Å²) >= 11 is 11.5. The van der Waals surface area contributed by atoms with Crippen LogP contribution in [0.4, 0.5) is 0 Å². The third-order valence-electron chi connectivity index (χ3n) is 1.43. The van der Waals surface area contributed by atoms with Crippen LogP contribution >= 0.6 is 23.2 Å². The molecule has 0 aliphatic carbocycles. The summed E-state index contributed by atoms with van der Waals surface area (Å²) in [4.78, 5) is 14.9. The van der Waals surface area contributed by atoms with Crippen LogP contribution in [-0.4, -0.2) is 18.7 Å². The van der Waals surface area contributed by atoms with E-state index < -0.39 is 5.91 Å². The number of hydrogen-bond donors (Lipinski definition) is 1. The molecule has 1 amide bonds. The Bertz CT molecular complexity index is 394. The Morgan fingerprint density at radius 3 is 2.80 bits per heavy atom. The van der Waals surface area contributed by atoms with Crippen molar-refractivity contribution in [1.29, 1.82) is 0 Å². The number of halogens is 2. The van der Waals surface area contributed by atoms with Crippen LogP contribution in [0.1, 0.15) is 5.56 Å². The summed E-state index contributed by atoms with van der Waals surface area (Å²) < 4.78 is 0. The van der Waals surface area contributed by atoms with Gasteiger partial charge in [0, 0.05) is 0 Å². The Morgan fingerprint density at radius 1 is 1.47 bits per heavy atom. The van der Waals surface area contributed by atoms with Gasteiger partial charge in [-0.05, 0) is 17.7 Å². The van der Waals surface area contributed by atoms with Crippen molar-refractivity contribution in [3.05, 3.63) is 33.8 Å². The van der Waals surface area contributed by atoms with Crippen molar-refractivity contribution in [2.75, 3.05) is 6.61 Å². The van der Waals surface area contributed by atoms with Gasteiger partial charge in [-0.1, -0.05) is 34.4 Å². The van der Waals surface area contributed by atoms with Crippen molar-refractivity contribution >= 4 is 35.3 Å². The molecule has 0 heterocycles. The van der Waals surface area contributed by atoms with E-state index in [-0.39, 0.29) is 6.61 Å². The first-order valence-corrected chi connectivity index (χ1v) is 4.74. The average Bonchev–Trinajstić information content (AvgIpc) is 2.18. The van der Waals surface area contributed by atoms with Gasteiger partial charge in [-0.15, -0.1) is 0 Å². The van der Waals surface area contributed by atoms with Crippen LogP contribution in [0.25, 0.3) is 0 Å². The molecule has 0 spiro atoms. The fourth-order valence-electron chi connectivity index (χ4n) is 0.792. The van der Waals surface area contributed by atoms with Gasteiger partial charge >= 0.3 is 0 Å². The highest BCUT2D eigenvalue weighted by atomic mass is 35.5. The van der Waals surface area contributed by atoms with E-state index in [4.69, 9.17) is 28.9 Å². The quantitative estimate of drug-likeness (QED) is 0.651. The van der Waals surface area contributed by atoms with Crippen molar-refractivity contribution in [1.82, 2.24) is 0 Å². The van der Waals surface area contributed by atoms with Crippen LogP contribution in [0.2, 0.25) is 10.0 Å². The predicted molar refractivity (Wildman–Crippen MR) is 59.2 cm³/mol. The number of benzene rings is 1. The number of carbonyl (C=O) groups excluding carboxylic acids is 1. The first kappa shape index (κ1) is 11.8. The molecule has 1 rings (SSSR count). The Morgan fingerprint density at radius 2 is 2.20 bits per heavy atom. The van der Waals surface area contributed by atoms with Crippen LogP contribution in [0.15, 0.2) is 23.4 Å². The minimum atomic E-state index is -0.582. The van der Waals surface area contributed by atoms with Crippen molar-refractivity contribution in [2.24, 2.45) is 10.9 Å². The molecule has 0 bridgehead atoms. The van der Waals surface area contributed by atoms with Crippen LogP contribution < -0.4 is 5.73 Å². The number of hydrogen-bond acceptors (Lipinski definition) is 3. The van der Waals surface area contributed by atoms with Crippen molar-refractivity contribution in [2.45, 2.75) is 0 Å². The van der Waals surface area contributed by atoms with Crippen molar-refractivity contribution in [3.63, 3.8) is 0 Å². The Labute approximate surface area is 96.6 Å². The maximum atomic E-state index is 10.3. The van der Waals surface area contributed by atoms with Crippen molar-refractivity contribution in [3.8, 4) is 0 Å². The fraction of sp³-hybridized carbons (Fsp3) is 0.111. The molecule has 6 heteroatoms. The molecule has 0 aliphatic heterocycles. The highest BCUT2D eigenvalue weighted by Gasteiger charge is 1.97. The summed E-state index contributed by atoms with van der Waals surface area (Å²) in [5, 5.41) is 4.42. The molecule has 0 aromatic heterocycles. The van der Waals surface area contributed by atoms with Gasteiger partial charge in [0.15, 0.2) is 6.61 Å². The van der Waals surface area contributed by atoms with E-state index in [2.05, 4.69) is 9.99 Å². The van der Waals surface area contributed by atoms with Gasteiger partial charge in [-0.2, -0.15) is 0 Å². The highest BCUT2D eigenvalue weighted by Crippen LogP contribution is 2.21. The standard InChI is InChI=1S/C9H8Cl2N2O2/c10-7-2-1-6(3-8(7)11)4-13-15-5-9(12)14/h1-4H,5H2,(H2,12,14)/b13-4+. The monoisotopic (exact) mass is 246 g/mol. The normalized spacial score (nSPS) is 10.5. The van der Waals surface area contributed by atoms with E-state index in [1.165, 1.54) is 6.21 Å². The molecule has 0 saturated heterocycles. The van der Waals surface area contributed by atoms with Crippen LogP contribution in [0.3, 0.4) is 0 Å². The van der Waals surface area contributed by atoms with Gasteiger partial charge < -0.3 is 10.6 Å². The van der Waals surface area contributed by atoms with Gasteiger partial charge in [0.05, 0.1) is 16.3 Å². The zero-order chi connectivity index (χ0) is 11.3. The van der Waals surface area contributed by atoms with Crippen LogP contribution in [0, 0.1) is 0 Å². The zero-order valence-corrected chi connectivity index (χ0v) is 9.13. The van der Waals surface area contributed by atoms with E-state index in [0.717, 1.165) is 0 Å². The Balaban J connectivity index is 2.57. The number of amides is 1. The summed E-state index contributed by atoms with van der Waals surface area (Å²) in [5.41, 5.74) is 5.56. The molecule has 0 aliphatic rings. The summed E-state index contributed by atoms with van der Waals surface area (Å²) in [6.07, 6.45) is 1.41. The van der Waals surface area contributed by atoms with E-state index in [0.29, 0.717) is 15.6 Å². The maximum absolute atomic E-state index is 10.3. The number of nitrogens with zero attached hydrogens (tertiary/aromatic N) is 1. The Hall–Kier alpha value is -1.26. The maximum Gasteiger partial charge on any atom is 0.258 e. The molecule has 0 fully saturated rings. The lowest BCUT2D eigenvalue weighted by Crippen LogP contribution is -2.16. The molecule has 0 saturated carbocycles. The van der Waals surface area contributed by atoms with E-state index in [1.54, 1.807) is 18.2 Å². The zero-order valence-electron chi connectivity index (χ0n) is 7.61. The van der Waals surface area contributed by atoms with Gasteiger partial charge in [0.25, 0.3) is 5.91 Å². The molecule has 0 radical (unpaired) electrons. The fourth-order valence-corrected chi connectivity index (χ4v) is 1.10. The molecule has 1 aromatic carbocycles. The number of nitrogens with two attached hydrogens (primary N) is 1. The van der Waals surface area contributed by atoms with Gasteiger partial charge in [-0.25, -0.2) is 0 Å². The first-order valence-electron chi connectivity index (χ1n) is 3.98. The highest BCUT2D eigenvalue weighted by molar-refractivity contribution is 6.42. The smallest absolute Gasteiger partial charge is 0.258 e. The first-order chi connectivity index (χ1) is 7.09. The molecule has 0 unspecified atom stereocenters. The van der Waals surface area contributed by atoms with Crippen LogP contribution in [-0.2, 0) is 9.63 Å². The molecule has 4 nitrogen and oxygen atoms in total. The van der Waals surface area contributed by atoms with Gasteiger partial charge in [-0.3, -0.25) is 4.79 Å². The number of carbonyl (C=O) groups is 1. The third kappa shape index (κ3) is 4.18. The summed E-state index contributed by atoms with van der Waals surface area (Å²) in [5.74, 6) is -0.582. The second-order valence-electron chi connectivity index (χ2n) is 2.65. The number of oxime groups is 1. The topological polar surface area (TPSA) is 64.7 Å². The minimum absolute atomic E-state index is 0.252. The largest absolute Gasteiger partial charge is 0.386 e. The molecule has 1 aromatic rings. The lowest BCUT2D eigenvalue weighted by Gasteiger charge is -1.97. The Kier molecular flexibility index (Phi) is 4.39. The van der Waals surface area contributed by atoms with Gasteiger partial charge in [0.2, 0.25) is 0 Å². The second-order valence-corrected chi connectivity index (χ2v) is 3.46. The summed E-state index contributed by atoms with van der Waals surface area (Å²) in [6.45, 7) is -0.252. The molecule has 2 N–H and O–H groups in total. The molecule has 0 atom stereocenters. The SMILES string of the molecule is NC(=O)CO/N=C/c1ccc(Cl)c(Cl)c1. The number of rotatable bonds is 4. The average molecular weight is 247 g/mol. The third-order valence-corrected chi connectivity index (χ3v) is 2.17. The lowest BCUT2D eigenvalue weighted by atomic mass is 10.2. The lowest BCUT2D eigenvalue weighted by molar-refractivity contribution is -0.122. The van der Waals surface area contributed by atoms with E-state index >= 15 is 0 Å². The minimum Gasteiger partial charge on any atom is -0.386 e. The van der Waals surface area contributed by atoms with E-state index in [1.807, 2.05) is 0 Å². The molecular weight excluding hydrogens is 239 g/mol. The van der Waals surface area contributed by atoms with E-state index in [9.17, 15) is 4.79 Å². The van der Waals surface area contributed by atoms with Gasteiger partial charge in [0.1, 0.15) is 0 Å². The number of primary amides is 1.